The lowest BCUT2D eigenvalue weighted by Gasteiger charge is -2.17. The number of carbonyl (C=O) groups excluding carboxylic acids is 1. The molecule has 0 unspecified atom stereocenters. The Morgan fingerprint density at radius 2 is 1.82 bits per heavy atom. The lowest BCUT2D eigenvalue weighted by molar-refractivity contribution is -0.115. The van der Waals surface area contributed by atoms with Crippen LogP contribution in [-0.2, 0) is 4.79 Å². The van der Waals surface area contributed by atoms with E-state index in [2.05, 4.69) is 45.6 Å². The van der Waals surface area contributed by atoms with Crippen molar-refractivity contribution in [3.63, 3.8) is 0 Å². The largest absolute Gasteiger partial charge is 0.325 e. The quantitative estimate of drug-likeness (QED) is 0.799. The standard InChI is InChI=1S/C18H21BrN2O/c1-3-16(14-8-10-15(19)11-9-14)20-12-18(22)21-17-7-5-4-6-13(17)2/h4-11,16,20H,3,12H2,1-2H3,(H,21,22)/t16-/m0/s1. The maximum Gasteiger partial charge on any atom is 0.238 e. The van der Waals surface area contributed by atoms with Crippen molar-refractivity contribution in [2.45, 2.75) is 26.3 Å². The first-order valence-corrected chi connectivity index (χ1v) is 8.23. The van der Waals surface area contributed by atoms with Crippen LogP contribution >= 0.6 is 15.9 Å². The minimum Gasteiger partial charge on any atom is -0.325 e. The number of carbonyl (C=O) groups is 1. The number of hydrogen-bond donors (Lipinski definition) is 2. The fourth-order valence-corrected chi connectivity index (χ4v) is 2.58. The zero-order valence-electron chi connectivity index (χ0n) is 12.9. The molecule has 0 heterocycles. The maximum absolute atomic E-state index is 12.1. The third-order valence-corrected chi connectivity index (χ3v) is 4.14. The van der Waals surface area contributed by atoms with Gasteiger partial charge >= 0.3 is 0 Å². The van der Waals surface area contributed by atoms with Crippen molar-refractivity contribution in [1.82, 2.24) is 5.32 Å². The summed E-state index contributed by atoms with van der Waals surface area (Å²) in [6.45, 7) is 4.39. The average Bonchev–Trinajstić information content (AvgIpc) is 2.52. The predicted molar refractivity (Wildman–Crippen MR) is 95.0 cm³/mol. The van der Waals surface area contributed by atoms with Crippen molar-refractivity contribution in [3.8, 4) is 0 Å². The normalized spacial score (nSPS) is 12.0. The molecule has 2 rings (SSSR count). The summed E-state index contributed by atoms with van der Waals surface area (Å²) in [7, 11) is 0. The molecule has 0 bridgehead atoms. The molecule has 0 radical (unpaired) electrons. The van der Waals surface area contributed by atoms with E-state index < -0.39 is 0 Å². The van der Waals surface area contributed by atoms with Crippen LogP contribution in [0.4, 0.5) is 5.69 Å². The minimum absolute atomic E-state index is 0.0233. The third-order valence-electron chi connectivity index (χ3n) is 3.61. The van der Waals surface area contributed by atoms with Gasteiger partial charge in [0, 0.05) is 16.2 Å². The van der Waals surface area contributed by atoms with Gasteiger partial charge in [-0.15, -0.1) is 0 Å². The van der Waals surface area contributed by atoms with Crippen LogP contribution < -0.4 is 10.6 Å². The Labute approximate surface area is 140 Å². The Balaban J connectivity index is 1.91. The molecule has 1 amide bonds. The Hall–Kier alpha value is -1.65. The predicted octanol–water partition coefficient (Wildman–Crippen LogP) is 4.44. The second-order valence-electron chi connectivity index (χ2n) is 5.26. The van der Waals surface area contributed by atoms with Gasteiger partial charge in [-0.25, -0.2) is 0 Å². The molecule has 4 heteroatoms. The van der Waals surface area contributed by atoms with Crippen molar-refractivity contribution in [2.24, 2.45) is 0 Å². The van der Waals surface area contributed by atoms with E-state index in [1.807, 2.05) is 43.3 Å². The van der Waals surface area contributed by atoms with Gasteiger partial charge in [0.1, 0.15) is 0 Å². The van der Waals surface area contributed by atoms with Gasteiger partial charge in [0.25, 0.3) is 0 Å². The number of halogens is 1. The van der Waals surface area contributed by atoms with Crippen molar-refractivity contribution >= 4 is 27.5 Å². The summed E-state index contributed by atoms with van der Waals surface area (Å²) in [5.41, 5.74) is 3.12. The zero-order valence-corrected chi connectivity index (χ0v) is 14.5. The summed E-state index contributed by atoms with van der Waals surface area (Å²) in [6.07, 6.45) is 0.930. The zero-order chi connectivity index (χ0) is 15.9. The fourth-order valence-electron chi connectivity index (χ4n) is 2.32. The monoisotopic (exact) mass is 360 g/mol. The van der Waals surface area contributed by atoms with E-state index in [1.54, 1.807) is 0 Å². The number of hydrogen-bond acceptors (Lipinski definition) is 2. The Kier molecular flexibility index (Phi) is 6.16. The molecular weight excluding hydrogens is 340 g/mol. The molecule has 0 aliphatic rings. The molecule has 0 fully saturated rings. The van der Waals surface area contributed by atoms with Crippen LogP contribution in [0.2, 0.25) is 0 Å². The first-order valence-electron chi connectivity index (χ1n) is 7.44. The molecule has 2 aromatic carbocycles. The summed E-state index contributed by atoms with van der Waals surface area (Å²) < 4.78 is 1.06. The van der Waals surface area contributed by atoms with E-state index in [-0.39, 0.29) is 11.9 Å². The highest BCUT2D eigenvalue weighted by molar-refractivity contribution is 9.10. The number of amides is 1. The van der Waals surface area contributed by atoms with Gasteiger partial charge in [-0.1, -0.05) is 53.2 Å². The van der Waals surface area contributed by atoms with Gasteiger partial charge in [-0.2, -0.15) is 0 Å². The molecule has 0 saturated carbocycles. The van der Waals surface area contributed by atoms with Crippen LogP contribution in [-0.4, -0.2) is 12.5 Å². The molecule has 1 atom stereocenters. The van der Waals surface area contributed by atoms with Gasteiger partial charge in [-0.05, 0) is 42.7 Å². The molecule has 116 valence electrons. The van der Waals surface area contributed by atoms with Gasteiger partial charge < -0.3 is 10.6 Å². The van der Waals surface area contributed by atoms with Crippen LogP contribution in [0.25, 0.3) is 0 Å². The molecule has 0 spiro atoms. The number of aryl methyl sites for hydroxylation is 1. The Morgan fingerprint density at radius 3 is 2.45 bits per heavy atom. The molecule has 0 saturated heterocycles. The van der Waals surface area contributed by atoms with Crippen molar-refractivity contribution in [2.75, 3.05) is 11.9 Å². The lowest BCUT2D eigenvalue weighted by Crippen LogP contribution is -2.31. The lowest BCUT2D eigenvalue weighted by atomic mass is 10.0. The molecule has 2 N–H and O–H groups in total. The van der Waals surface area contributed by atoms with E-state index >= 15 is 0 Å². The van der Waals surface area contributed by atoms with E-state index in [0.29, 0.717) is 6.54 Å². The molecule has 22 heavy (non-hydrogen) atoms. The summed E-state index contributed by atoms with van der Waals surface area (Å²) in [5, 5.41) is 6.26. The number of nitrogens with one attached hydrogen (secondary N) is 2. The Bertz CT molecular complexity index is 625. The van der Waals surface area contributed by atoms with E-state index in [1.165, 1.54) is 5.56 Å². The van der Waals surface area contributed by atoms with Crippen molar-refractivity contribution < 1.29 is 4.79 Å². The molecule has 0 aliphatic carbocycles. The first kappa shape index (κ1) is 16.7. The smallest absolute Gasteiger partial charge is 0.238 e. The highest BCUT2D eigenvalue weighted by Gasteiger charge is 2.11. The summed E-state index contributed by atoms with van der Waals surface area (Å²) in [5.74, 6) is -0.0233. The van der Waals surface area contributed by atoms with Crippen LogP contribution in [0.5, 0.6) is 0 Å². The van der Waals surface area contributed by atoms with Crippen molar-refractivity contribution in [1.29, 1.82) is 0 Å². The van der Waals surface area contributed by atoms with Crippen molar-refractivity contribution in [3.05, 3.63) is 64.1 Å². The maximum atomic E-state index is 12.1. The van der Waals surface area contributed by atoms with Crippen LogP contribution in [0.3, 0.4) is 0 Å². The summed E-state index contributed by atoms with van der Waals surface area (Å²) >= 11 is 3.44. The fraction of sp³-hybridized carbons (Fsp3) is 0.278. The number of rotatable bonds is 6. The molecule has 2 aromatic rings. The van der Waals surface area contributed by atoms with E-state index in [9.17, 15) is 4.79 Å². The van der Waals surface area contributed by atoms with E-state index in [0.717, 1.165) is 22.1 Å². The average molecular weight is 361 g/mol. The van der Waals surface area contributed by atoms with Crippen LogP contribution in [0, 0.1) is 6.92 Å². The highest BCUT2D eigenvalue weighted by Crippen LogP contribution is 2.19. The SMILES string of the molecule is CC[C@H](NCC(=O)Nc1ccccc1C)c1ccc(Br)cc1. The molecular formula is C18H21BrN2O. The molecule has 0 aliphatic heterocycles. The topological polar surface area (TPSA) is 41.1 Å². The highest BCUT2D eigenvalue weighted by atomic mass is 79.9. The molecule has 3 nitrogen and oxygen atoms in total. The van der Waals surface area contributed by atoms with E-state index in [4.69, 9.17) is 0 Å². The second kappa shape index (κ2) is 8.11. The second-order valence-corrected chi connectivity index (χ2v) is 6.17. The number of anilines is 1. The van der Waals surface area contributed by atoms with Crippen LogP contribution in [0.15, 0.2) is 53.0 Å². The Morgan fingerprint density at radius 1 is 1.14 bits per heavy atom. The first-order chi connectivity index (χ1) is 10.6. The van der Waals surface area contributed by atoms with Crippen LogP contribution in [0.1, 0.15) is 30.5 Å². The van der Waals surface area contributed by atoms with Gasteiger partial charge in [0.15, 0.2) is 0 Å². The van der Waals surface area contributed by atoms with Gasteiger partial charge in [0.05, 0.1) is 6.54 Å². The van der Waals surface area contributed by atoms with Gasteiger partial charge in [0.2, 0.25) is 5.91 Å². The minimum atomic E-state index is -0.0233. The summed E-state index contributed by atoms with van der Waals surface area (Å²) in [4.78, 5) is 12.1. The summed E-state index contributed by atoms with van der Waals surface area (Å²) in [6, 6.07) is 16.2. The number of benzene rings is 2. The van der Waals surface area contributed by atoms with Gasteiger partial charge in [-0.3, -0.25) is 4.79 Å². The molecule has 0 aromatic heterocycles. The third kappa shape index (κ3) is 4.68. The number of para-hydroxylation sites is 1.